The largest absolute Gasteiger partial charge is 0.394 e. The average Bonchev–Trinajstić information content (AvgIpc) is 1.51. The lowest BCUT2D eigenvalue weighted by atomic mass is 9.50. The summed E-state index contributed by atoms with van der Waals surface area (Å²) in [5, 5.41) is 0. The highest BCUT2D eigenvalue weighted by Gasteiger charge is 2.72. The van der Waals surface area contributed by atoms with Gasteiger partial charge in [-0.1, -0.05) is 214 Å². The molecule has 0 saturated heterocycles. The maximum atomic E-state index is 12.6. The van der Waals surface area contributed by atoms with Crippen LogP contribution in [-0.4, -0.2) is 12.1 Å². The summed E-state index contributed by atoms with van der Waals surface area (Å²) in [4.78, 5) is 0. The van der Waals surface area contributed by atoms with Crippen molar-refractivity contribution in [2.45, 2.75) is 399 Å². The predicted octanol–water partition coefficient (Wildman–Crippen LogP) is 28.5. The van der Waals surface area contributed by atoms with Crippen molar-refractivity contribution in [1.29, 1.82) is 0 Å². The van der Waals surface area contributed by atoms with Gasteiger partial charge in [0, 0.05) is 12.3 Å². The fraction of sp³-hybridized carbons (Fsp3) is 1.00. The molecule has 0 aromatic carbocycles. The second kappa shape index (κ2) is 30.8. The van der Waals surface area contributed by atoms with E-state index in [1.807, 2.05) is 6.92 Å². The molecule has 2 unspecified atom stereocenters. The van der Waals surface area contributed by atoms with Gasteiger partial charge >= 0.3 is 6.18 Å². The fourth-order valence-electron chi connectivity index (χ4n) is 23.7. The number of hydrogen-bond acceptors (Lipinski definition) is 0. The molecule has 88 heavy (non-hydrogen) atoms. The molecule has 16 saturated carbocycles. The summed E-state index contributed by atoms with van der Waals surface area (Å²) in [5.41, 5.74) is 3.58. The number of alkyl halides is 5. The lowest BCUT2D eigenvalue weighted by molar-refractivity contribution is -0.291. The first-order valence-corrected chi connectivity index (χ1v) is 39.3. The van der Waals surface area contributed by atoms with Gasteiger partial charge in [0.15, 0.2) is 0 Å². The number of hydrogen-bond donors (Lipinski definition) is 0. The van der Waals surface area contributed by atoms with Crippen LogP contribution in [0.15, 0.2) is 0 Å². The van der Waals surface area contributed by atoms with Crippen LogP contribution >= 0.6 is 0 Å². The molecule has 16 aliphatic rings. The molecule has 5 heteroatoms. The molecule has 0 nitrogen and oxygen atoms in total. The van der Waals surface area contributed by atoms with Crippen LogP contribution in [0.4, 0.5) is 22.0 Å². The zero-order valence-corrected chi connectivity index (χ0v) is 61.7. The van der Waals surface area contributed by atoms with E-state index < -0.39 is 17.5 Å². The molecule has 2 spiro atoms. The summed E-state index contributed by atoms with van der Waals surface area (Å²) in [6.45, 7) is 38.8. The molecule has 0 aromatic rings. The topological polar surface area (TPSA) is 0 Å². The Kier molecular flexibility index (Phi) is 26.3. The molecule has 0 radical (unpaired) electrons. The Morgan fingerprint density at radius 2 is 0.739 bits per heavy atom. The third-order valence-electron chi connectivity index (χ3n) is 29.3. The van der Waals surface area contributed by atoms with E-state index in [1.54, 1.807) is 96.8 Å². The van der Waals surface area contributed by atoms with E-state index in [4.69, 9.17) is 0 Å². The Bertz CT molecular complexity index is 1920. The van der Waals surface area contributed by atoms with Gasteiger partial charge in [-0.2, -0.15) is 13.2 Å². The maximum absolute atomic E-state index is 12.6. The molecule has 0 N–H and O–H groups in total. The van der Waals surface area contributed by atoms with Gasteiger partial charge in [0.1, 0.15) is 0 Å². The van der Waals surface area contributed by atoms with Crippen LogP contribution in [0.25, 0.3) is 0 Å². The molecule has 516 valence electrons. The van der Waals surface area contributed by atoms with E-state index in [0.717, 1.165) is 88.3 Å². The van der Waals surface area contributed by atoms with Crippen LogP contribution in [0.3, 0.4) is 0 Å². The Morgan fingerprint density at radius 1 is 0.330 bits per heavy atom. The number of halogens is 5. The van der Waals surface area contributed by atoms with Gasteiger partial charge in [0.2, 0.25) is 0 Å². The minimum atomic E-state index is -3.98. The Balaban J connectivity index is 0.000000144. The van der Waals surface area contributed by atoms with Crippen molar-refractivity contribution in [2.75, 3.05) is 0 Å². The molecule has 16 fully saturated rings. The molecule has 16 rings (SSSR count). The molecule has 6 atom stereocenters. The van der Waals surface area contributed by atoms with E-state index in [1.165, 1.54) is 155 Å². The Hall–Kier alpha value is -0.350. The first-order chi connectivity index (χ1) is 40.9. The lowest BCUT2D eigenvalue weighted by Crippen LogP contribution is -2.56. The fourth-order valence-corrected chi connectivity index (χ4v) is 23.7. The van der Waals surface area contributed by atoms with E-state index >= 15 is 0 Å². The molecule has 0 aromatic heterocycles. The average molecular weight is 1240 g/mol. The zero-order valence-electron chi connectivity index (χ0n) is 61.7. The standard InChI is InChI=1S/C14H26.C13H24.C11H18.C11H20.C11H22.C9H13F3.C8H16.C6H10F2/c1-12-4-6-14(7-5-12)10-8-13(2,3)9-11-14;1-11-7-9-13(10-8-11)12-5-3-2-4-6-12;1-11-5-8-2-9(6-11)4-10(3-8)7-11;1-10-4-8-11(9-5-10)6-2-3-7-11;1-9-6-10(2,3)8-11(4,5)7-9;1-5-6-3-4-7(5)8(6,2)9(10,11)12;1-7-5-4-6-8(7,2)3;1-5-3-2-4-6(5,7)8/h12H,4-11H2,1-3H3;11-13H,2-10H2,1H3;8-10H,2-7H2,1H3;10H,2-9H2,1H3;9H,6-8H2,1-5H3;5-7H,3-4H2,1-2H3;7H,4-6H2,1-3H3;5H,2-4H2,1H3/t;;;;;5?,6-,7+,8?;7-;5-/m......11/s1. The van der Waals surface area contributed by atoms with Gasteiger partial charge in [0.25, 0.3) is 5.92 Å². The van der Waals surface area contributed by atoms with E-state index in [0.29, 0.717) is 40.4 Å². The highest BCUT2D eigenvalue weighted by atomic mass is 19.4. The van der Waals surface area contributed by atoms with Crippen molar-refractivity contribution in [3.05, 3.63) is 0 Å². The molecule has 0 heterocycles. The smallest absolute Gasteiger partial charge is 0.207 e. The summed E-state index contributed by atoms with van der Waals surface area (Å²) in [6, 6.07) is 0. The minimum absolute atomic E-state index is 0.0949. The molecular formula is C83H149F5. The Labute approximate surface area is 544 Å². The van der Waals surface area contributed by atoms with Crippen LogP contribution in [0.5, 0.6) is 0 Å². The molecular weight excluding hydrogens is 1090 g/mol. The van der Waals surface area contributed by atoms with Gasteiger partial charge in [-0.05, 0) is 282 Å². The number of fused-ring (bicyclic) bond motifs is 1. The van der Waals surface area contributed by atoms with Crippen molar-refractivity contribution in [2.24, 2.45) is 126 Å². The van der Waals surface area contributed by atoms with Crippen LogP contribution in [0.1, 0.15) is 387 Å². The van der Waals surface area contributed by atoms with E-state index in [-0.39, 0.29) is 24.2 Å². The van der Waals surface area contributed by atoms with Gasteiger partial charge in [-0.25, -0.2) is 8.78 Å². The van der Waals surface area contributed by atoms with Crippen molar-refractivity contribution in [3.8, 4) is 0 Å². The molecule has 16 aliphatic carbocycles. The predicted molar refractivity (Wildman–Crippen MR) is 370 cm³/mol. The summed E-state index contributed by atoms with van der Waals surface area (Å²) in [6.07, 6.45) is 55.3. The van der Waals surface area contributed by atoms with Crippen molar-refractivity contribution >= 4 is 0 Å². The van der Waals surface area contributed by atoms with Crippen LogP contribution < -0.4 is 0 Å². The van der Waals surface area contributed by atoms with Crippen molar-refractivity contribution in [3.63, 3.8) is 0 Å². The number of rotatable bonds is 1. The quantitative estimate of drug-likeness (QED) is 0.230. The second-order valence-corrected chi connectivity index (χ2v) is 39.7. The minimum Gasteiger partial charge on any atom is -0.207 e. The van der Waals surface area contributed by atoms with E-state index in [9.17, 15) is 22.0 Å². The van der Waals surface area contributed by atoms with Crippen molar-refractivity contribution in [1.82, 2.24) is 0 Å². The lowest BCUT2D eigenvalue weighted by Gasteiger charge is -2.55. The van der Waals surface area contributed by atoms with Gasteiger partial charge in [-0.15, -0.1) is 0 Å². The first-order valence-electron chi connectivity index (χ1n) is 39.3. The highest BCUT2D eigenvalue weighted by Crippen LogP contribution is 2.71. The first kappa shape index (κ1) is 75.0. The molecule has 6 bridgehead atoms. The maximum Gasteiger partial charge on any atom is 0.394 e. The monoisotopic (exact) mass is 1240 g/mol. The SMILES string of the molecule is CC12CC3CC(CC(C3)C1)C2.CC1CC(C)(C)CC(C)(C)C1.CC1CCC(C2CCCCC2)CC1.CC1CCC2(CC1)CCC(C)(C)CC2.CC1CCC2(CCCC2)CC1.CC1[C@H]2CC[C@@H]1C2(C)C(F)(F)F.C[C@@H]1CCCC1(C)C.C[C@@H]1CCCC1(F)F. The van der Waals surface area contributed by atoms with Gasteiger partial charge in [0.05, 0.1) is 5.41 Å². The third kappa shape index (κ3) is 20.8. The highest BCUT2D eigenvalue weighted by molar-refractivity contribution is 5.12. The Morgan fingerprint density at radius 3 is 1.06 bits per heavy atom. The second-order valence-electron chi connectivity index (χ2n) is 39.7. The summed E-state index contributed by atoms with van der Waals surface area (Å²) >= 11 is 0. The normalized spacial score (nSPS) is 39.5. The van der Waals surface area contributed by atoms with Gasteiger partial charge in [-0.3, -0.25) is 0 Å². The van der Waals surface area contributed by atoms with Crippen LogP contribution in [0, 0.1) is 126 Å². The summed E-state index contributed by atoms with van der Waals surface area (Å²) in [7, 11) is 0. The third-order valence-corrected chi connectivity index (χ3v) is 29.3. The van der Waals surface area contributed by atoms with Crippen LogP contribution in [0.2, 0.25) is 0 Å². The molecule has 0 amide bonds. The summed E-state index contributed by atoms with van der Waals surface area (Å²) in [5.74, 6) is 8.03. The summed E-state index contributed by atoms with van der Waals surface area (Å²) < 4.78 is 62.5. The van der Waals surface area contributed by atoms with Crippen LogP contribution in [-0.2, 0) is 0 Å². The van der Waals surface area contributed by atoms with E-state index in [2.05, 4.69) is 96.9 Å². The molecule has 0 aliphatic heterocycles. The van der Waals surface area contributed by atoms with Gasteiger partial charge < -0.3 is 0 Å². The zero-order chi connectivity index (χ0) is 64.8. The van der Waals surface area contributed by atoms with Crippen molar-refractivity contribution < 1.29 is 22.0 Å².